The molecule has 0 aliphatic rings. The van der Waals surface area contributed by atoms with Crippen LogP contribution >= 0.6 is 0 Å². The van der Waals surface area contributed by atoms with Crippen molar-refractivity contribution in [2.24, 2.45) is 0 Å². The fourth-order valence-electron chi connectivity index (χ4n) is 3.47. The lowest BCUT2D eigenvalue weighted by molar-refractivity contribution is 0.432. The molecule has 6 aromatic rings. The van der Waals surface area contributed by atoms with E-state index in [0.29, 0.717) is 11.7 Å². The van der Waals surface area contributed by atoms with Crippen LogP contribution in [0.5, 0.6) is 0 Å². The number of H-pyrrole nitrogens is 1. The standard InChI is InChI=1S/C24H15N5O2/c1-2-4-17(5-3-1)24-28-23(29-31-24)18-10-11-19-20(12-18)27-22(26-19)16-8-6-15(7-9-16)21-13-25-14-30-21/h1-14H,(H,26,27). The van der Waals surface area contributed by atoms with Crippen molar-refractivity contribution in [1.82, 2.24) is 25.1 Å². The van der Waals surface area contributed by atoms with Crippen molar-refractivity contribution in [3.63, 3.8) is 0 Å². The van der Waals surface area contributed by atoms with Crippen molar-refractivity contribution in [3.8, 4) is 45.6 Å². The molecule has 0 bridgehead atoms. The first-order valence-electron chi connectivity index (χ1n) is 9.72. The van der Waals surface area contributed by atoms with Gasteiger partial charge in [0.05, 0.1) is 17.2 Å². The minimum atomic E-state index is 0.493. The molecule has 3 aromatic carbocycles. The SMILES string of the molecule is c1ccc(-c2nc(-c3ccc4nc(-c5ccc(-c6cnco6)cc5)[nH]c4c3)no2)cc1. The molecule has 0 aliphatic carbocycles. The molecule has 3 heterocycles. The van der Waals surface area contributed by atoms with Crippen LogP contribution in [-0.4, -0.2) is 25.1 Å². The van der Waals surface area contributed by atoms with Gasteiger partial charge >= 0.3 is 0 Å². The van der Waals surface area contributed by atoms with Crippen LogP contribution in [0.25, 0.3) is 56.6 Å². The number of nitrogens with one attached hydrogen (secondary N) is 1. The maximum Gasteiger partial charge on any atom is 0.258 e. The fraction of sp³-hybridized carbons (Fsp3) is 0. The molecule has 1 N–H and O–H groups in total. The van der Waals surface area contributed by atoms with Gasteiger partial charge in [-0.3, -0.25) is 0 Å². The number of fused-ring (bicyclic) bond motifs is 1. The number of aromatic amines is 1. The Kier molecular flexibility index (Phi) is 3.96. The van der Waals surface area contributed by atoms with E-state index in [0.717, 1.165) is 44.9 Å². The van der Waals surface area contributed by atoms with Crippen LogP contribution in [-0.2, 0) is 0 Å². The highest BCUT2D eigenvalue weighted by atomic mass is 16.5. The monoisotopic (exact) mass is 405 g/mol. The summed E-state index contributed by atoms with van der Waals surface area (Å²) >= 11 is 0. The number of aromatic nitrogens is 5. The topological polar surface area (TPSA) is 93.6 Å². The third kappa shape index (κ3) is 3.18. The summed E-state index contributed by atoms with van der Waals surface area (Å²) in [5.74, 6) is 2.55. The van der Waals surface area contributed by atoms with Gasteiger partial charge in [-0.1, -0.05) is 47.6 Å². The van der Waals surface area contributed by atoms with Crippen LogP contribution in [0, 0.1) is 0 Å². The molecule has 0 aliphatic heterocycles. The first-order valence-corrected chi connectivity index (χ1v) is 9.72. The van der Waals surface area contributed by atoms with E-state index in [1.54, 1.807) is 6.20 Å². The molecule has 7 nitrogen and oxygen atoms in total. The van der Waals surface area contributed by atoms with E-state index in [1.807, 2.05) is 72.8 Å². The predicted octanol–water partition coefficient (Wildman–Crippen LogP) is 5.60. The average Bonchev–Trinajstić information content (AvgIpc) is 3.60. The lowest BCUT2D eigenvalue weighted by Gasteiger charge is -1.99. The van der Waals surface area contributed by atoms with Crippen LogP contribution < -0.4 is 0 Å². The minimum Gasteiger partial charge on any atom is -0.444 e. The van der Waals surface area contributed by atoms with Crippen molar-refractivity contribution in [2.75, 3.05) is 0 Å². The molecule has 0 unspecified atom stereocenters. The molecule has 0 radical (unpaired) electrons. The molecule has 0 saturated carbocycles. The summed E-state index contributed by atoms with van der Waals surface area (Å²) in [6, 6.07) is 23.6. The number of rotatable bonds is 4. The van der Waals surface area contributed by atoms with E-state index < -0.39 is 0 Å². The van der Waals surface area contributed by atoms with Gasteiger partial charge in [-0.25, -0.2) is 9.97 Å². The van der Waals surface area contributed by atoms with Crippen LogP contribution in [0.2, 0.25) is 0 Å². The highest BCUT2D eigenvalue weighted by Crippen LogP contribution is 2.28. The molecule has 148 valence electrons. The van der Waals surface area contributed by atoms with Crippen LogP contribution in [0.4, 0.5) is 0 Å². The van der Waals surface area contributed by atoms with E-state index >= 15 is 0 Å². The molecule has 0 spiro atoms. The highest BCUT2D eigenvalue weighted by Gasteiger charge is 2.13. The number of oxazole rings is 1. The van der Waals surface area contributed by atoms with Crippen LogP contribution in [0.15, 0.2) is 94.3 Å². The van der Waals surface area contributed by atoms with Gasteiger partial charge in [0, 0.05) is 22.3 Å². The van der Waals surface area contributed by atoms with E-state index in [4.69, 9.17) is 13.9 Å². The number of benzene rings is 3. The van der Waals surface area contributed by atoms with E-state index in [1.165, 1.54) is 6.39 Å². The molecule has 3 aromatic heterocycles. The summed E-state index contributed by atoms with van der Waals surface area (Å²) in [6.45, 7) is 0. The second-order valence-corrected chi connectivity index (χ2v) is 7.05. The van der Waals surface area contributed by atoms with Gasteiger partial charge in [0.1, 0.15) is 5.82 Å². The quantitative estimate of drug-likeness (QED) is 0.410. The van der Waals surface area contributed by atoms with Crippen molar-refractivity contribution >= 4 is 11.0 Å². The van der Waals surface area contributed by atoms with Gasteiger partial charge in [0.2, 0.25) is 5.82 Å². The Balaban J connectivity index is 1.32. The molecule has 0 fully saturated rings. The van der Waals surface area contributed by atoms with Gasteiger partial charge in [0.25, 0.3) is 5.89 Å². The summed E-state index contributed by atoms with van der Waals surface area (Å²) in [5, 5.41) is 4.13. The van der Waals surface area contributed by atoms with Gasteiger partial charge in [-0.15, -0.1) is 0 Å². The zero-order valence-corrected chi connectivity index (χ0v) is 16.2. The molecule has 7 heteroatoms. The lowest BCUT2D eigenvalue weighted by atomic mass is 10.1. The van der Waals surface area contributed by atoms with Crippen molar-refractivity contribution in [3.05, 3.63) is 85.4 Å². The minimum absolute atomic E-state index is 0.493. The molecule has 0 saturated heterocycles. The summed E-state index contributed by atoms with van der Waals surface area (Å²) < 4.78 is 10.8. The lowest BCUT2D eigenvalue weighted by Crippen LogP contribution is -1.82. The van der Waals surface area contributed by atoms with E-state index in [2.05, 4.69) is 20.1 Å². The van der Waals surface area contributed by atoms with Crippen molar-refractivity contribution < 1.29 is 8.94 Å². The van der Waals surface area contributed by atoms with Gasteiger partial charge in [-0.05, 0) is 30.3 Å². The van der Waals surface area contributed by atoms with E-state index in [9.17, 15) is 0 Å². The largest absolute Gasteiger partial charge is 0.444 e. The van der Waals surface area contributed by atoms with Crippen LogP contribution in [0.3, 0.4) is 0 Å². The second kappa shape index (κ2) is 7.07. The highest BCUT2D eigenvalue weighted by molar-refractivity contribution is 5.83. The zero-order chi connectivity index (χ0) is 20.6. The molecule has 6 rings (SSSR count). The van der Waals surface area contributed by atoms with Crippen molar-refractivity contribution in [2.45, 2.75) is 0 Å². The molecule has 0 atom stereocenters. The number of imidazole rings is 1. The molecular formula is C24H15N5O2. The van der Waals surface area contributed by atoms with Gasteiger partial charge in [0.15, 0.2) is 12.2 Å². The number of nitrogens with zero attached hydrogens (tertiary/aromatic N) is 4. The zero-order valence-electron chi connectivity index (χ0n) is 16.2. The Labute approximate surface area is 176 Å². The smallest absolute Gasteiger partial charge is 0.258 e. The third-order valence-corrected chi connectivity index (χ3v) is 5.06. The summed E-state index contributed by atoms with van der Waals surface area (Å²) in [4.78, 5) is 16.6. The Morgan fingerprint density at radius 1 is 0.742 bits per heavy atom. The predicted molar refractivity (Wildman–Crippen MR) is 116 cm³/mol. The average molecular weight is 405 g/mol. The molecule has 0 amide bonds. The summed E-state index contributed by atoms with van der Waals surface area (Å²) in [6.07, 6.45) is 3.12. The van der Waals surface area contributed by atoms with E-state index in [-0.39, 0.29) is 0 Å². The Morgan fingerprint density at radius 2 is 1.55 bits per heavy atom. The van der Waals surface area contributed by atoms with Gasteiger partial charge < -0.3 is 13.9 Å². The van der Waals surface area contributed by atoms with Crippen molar-refractivity contribution in [1.29, 1.82) is 0 Å². The van der Waals surface area contributed by atoms with Crippen LogP contribution in [0.1, 0.15) is 0 Å². The maximum absolute atomic E-state index is 5.43. The second-order valence-electron chi connectivity index (χ2n) is 7.05. The fourth-order valence-corrected chi connectivity index (χ4v) is 3.47. The Hall–Kier alpha value is -4.52. The number of hydrogen-bond donors (Lipinski definition) is 1. The first kappa shape index (κ1) is 17.3. The Bertz CT molecular complexity index is 1470. The third-order valence-electron chi connectivity index (χ3n) is 5.06. The first-order chi connectivity index (χ1) is 15.3. The Morgan fingerprint density at radius 3 is 2.35 bits per heavy atom. The normalized spacial score (nSPS) is 11.2. The molecular weight excluding hydrogens is 390 g/mol. The molecule has 31 heavy (non-hydrogen) atoms. The summed E-state index contributed by atoms with van der Waals surface area (Å²) in [5.41, 5.74) is 5.45. The number of hydrogen-bond acceptors (Lipinski definition) is 6. The maximum atomic E-state index is 5.43. The van der Waals surface area contributed by atoms with Gasteiger partial charge in [-0.2, -0.15) is 4.98 Å². The summed E-state index contributed by atoms with van der Waals surface area (Å²) in [7, 11) is 0.